The highest BCUT2D eigenvalue weighted by molar-refractivity contribution is 6.05. The number of amides is 2. The van der Waals surface area contributed by atoms with Crippen molar-refractivity contribution in [1.82, 2.24) is 5.32 Å². The quantitative estimate of drug-likeness (QED) is 0.204. The Morgan fingerprint density at radius 2 is 1.78 bits per heavy atom. The van der Waals surface area contributed by atoms with Crippen molar-refractivity contribution in [2.45, 2.75) is 38.0 Å². The second kappa shape index (κ2) is 13.2. The van der Waals surface area contributed by atoms with Gasteiger partial charge in [0.1, 0.15) is 0 Å². The third-order valence-corrected chi connectivity index (χ3v) is 6.84. The molecule has 0 aromatic heterocycles. The Kier molecular flexibility index (Phi) is 9.02. The standard InChI is InChI=1S/C31H33N3O7/c32-24-5-1-2-6-25(24)34-30(36)21-9-7-20(8-10-21)18-33-31(37)28-16-23(17-29(41-28)38-14-4-3-13-35)22-11-12-26-27(15-22)40-19-39-26/h1-2,5-12,15-16,23,29,35H,3-4,13-14,17-19,32H2,(H,33,37)(H,34,36). The highest BCUT2D eigenvalue weighted by Crippen LogP contribution is 2.38. The van der Waals surface area contributed by atoms with Gasteiger partial charge in [0.15, 0.2) is 17.3 Å². The fourth-order valence-electron chi connectivity index (χ4n) is 4.57. The summed E-state index contributed by atoms with van der Waals surface area (Å²) in [6.07, 6.45) is 3.01. The van der Waals surface area contributed by atoms with E-state index in [0.29, 0.717) is 54.3 Å². The topological polar surface area (TPSA) is 141 Å². The summed E-state index contributed by atoms with van der Waals surface area (Å²) in [5.41, 5.74) is 9.18. The molecule has 0 bridgehead atoms. The van der Waals surface area contributed by atoms with E-state index in [1.165, 1.54) is 0 Å². The third-order valence-electron chi connectivity index (χ3n) is 6.84. The molecule has 2 heterocycles. The fourth-order valence-corrected chi connectivity index (χ4v) is 4.57. The van der Waals surface area contributed by atoms with Crippen molar-refractivity contribution >= 4 is 23.2 Å². The van der Waals surface area contributed by atoms with Crippen LogP contribution in [0.5, 0.6) is 11.5 Å². The van der Waals surface area contributed by atoms with E-state index in [4.69, 9.17) is 29.8 Å². The Morgan fingerprint density at radius 1 is 0.976 bits per heavy atom. The lowest BCUT2D eigenvalue weighted by atomic mass is 9.92. The largest absolute Gasteiger partial charge is 0.459 e. The molecule has 0 saturated carbocycles. The lowest BCUT2D eigenvalue weighted by molar-refractivity contribution is -0.146. The van der Waals surface area contributed by atoms with Crippen molar-refractivity contribution in [2.75, 3.05) is 31.1 Å². The van der Waals surface area contributed by atoms with Crippen LogP contribution in [-0.2, 0) is 20.8 Å². The maximum Gasteiger partial charge on any atom is 0.286 e. The van der Waals surface area contributed by atoms with Gasteiger partial charge in [0, 0.05) is 31.1 Å². The van der Waals surface area contributed by atoms with E-state index >= 15 is 0 Å². The zero-order valence-electron chi connectivity index (χ0n) is 22.5. The molecule has 2 aliphatic rings. The molecular weight excluding hydrogens is 526 g/mol. The van der Waals surface area contributed by atoms with Gasteiger partial charge in [-0.3, -0.25) is 9.59 Å². The first-order chi connectivity index (χ1) is 20.0. The lowest BCUT2D eigenvalue weighted by Crippen LogP contribution is -2.32. The number of benzene rings is 3. The van der Waals surface area contributed by atoms with E-state index in [2.05, 4.69) is 10.6 Å². The Bertz CT molecular complexity index is 1410. The molecule has 3 aromatic carbocycles. The van der Waals surface area contributed by atoms with E-state index < -0.39 is 6.29 Å². The molecule has 41 heavy (non-hydrogen) atoms. The van der Waals surface area contributed by atoms with Gasteiger partial charge in [0.05, 0.1) is 18.0 Å². The minimum Gasteiger partial charge on any atom is -0.459 e. The summed E-state index contributed by atoms with van der Waals surface area (Å²) in [5.74, 6) is 0.728. The summed E-state index contributed by atoms with van der Waals surface area (Å²) in [6.45, 7) is 0.921. The number of allylic oxidation sites excluding steroid dienone is 1. The SMILES string of the molecule is Nc1ccccc1NC(=O)c1ccc(CNC(=O)C2=CC(c3ccc4c(c3)OCO4)CC(OCCCCO)O2)cc1. The van der Waals surface area contributed by atoms with Crippen LogP contribution in [0.1, 0.15) is 46.7 Å². The first-order valence-corrected chi connectivity index (χ1v) is 13.5. The number of fused-ring (bicyclic) bond motifs is 1. The van der Waals surface area contributed by atoms with Gasteiger partial charge in [-0.25, -0.2) is 0 Å². The summed E-state index contributed by atoms with van der Waals surface area (Å²) < 4.78 is 22.8. The van der Waals surface area contributed by atoms with Crippen LogP contribution in [0.15, 0.2) is 78.6 Å². The number of anilines is 2. The maximum absolute atomic E-state index is 13.2. The molecular formula is C31H33N3O7. The number of ether oxygens (including phenoxy) is 4. The van der Waals surface area contributed by atoms with Crippen LogP contribution in [0.25, 0.3) is 0 Å². The molecule has 0 spiro atoms. The number of hydrogen-bond acceptors (Lipinski definition) is 8. The molecule has 0 aliphatic carbocycles. The van der Waals surface area contributed by atoms with Gasteiger partial charge in [0.2, 0.25) is 13.1 Å². The van der Waals surface area contributed by atoms with Gasteiger partial charge >= 0.3 is 0 Å². The predicted molar refractivity (Wildman–Crippen MR) is 152 cm³/mol. The molecule has 2 unspecified atom stereocenters. The van der Waals surface area contributed by atoms with E-state index in [1.807, 2.05) is 18.2 Å². The molecule has 2 amide bonds. The van der Waals surface area contributed by atoms with Gasteiger partial charge in [-0.05, 0) is 66.4 Å². The van der Waals surface area contributed by atoms with Gasteiger partial charge in [-0.2, -0.15) is 0 Å². The van der Waals surface area contributed by atoms with Crippen LogP contribution in [0, 0.1) is 0 Å². The lowest BCUT2D eigenvalue weighted by Gasteiger charge is -2.29. The van der Waals surface area contributed by atoms with Gasteiger partial charge < -0.3 is 40.4 Å². The van der Waals surface area contributed by atoms with Crippen LogP contribution in [0.2, 0.25) is 0 Å². The number of aliphatic hydroxyl groups is 1. The van der Waals surface area contributed by atoms with Crippen molar-refractivity contribution in [3.63, 3.8) is 0 Å². The minimum absolute atomic E-state index is 0.0928. The Balaban J connectivity index is 1.22. The number of rotatable bonds is 11. The van der Waals surface area contributed by atoms with Crippen LogP contribution < -0.4 is 25.8 Å². The monoisotopic (exact) mass is 559 g/mol. The number of nitrogens with one attached hydrogen (secondary N) is 2. The zero-order chi connectivity index (χ0) is 28.6. The summed E-state index contributed by atoms with van der Waals surface area (Å²) in [4.78, 5) is 25.8. The molecule has 0 fully saturated rings. The second-order valence-corrected chi connectivity index (χ2v) is 9.76. The maximum atomic E-state index is 13.2. The van der Waals surface area contributed by atoms with Crippen molar-refractivity contribution in [1.29, 1.82) is 0 Å². The van der Waals surface area contributed by atoms with Crippen molar-refractivity contribution < 1.29 is 33.6 Å². The van der Waals surface area contributed by atoms with E-state index in [0.717, 1.165) is 11.1 Å². The zero-order valence-corrected chi connectivity index (χ0v) is 22.5. The number of aliphatic hydroxyl groups excluding tert-OH is 1. The number of hydrogen-bond donors (Lipinski definition) is 4. The number of carbonyl (C=O) groups excluding carboxylic acids is 2. The second-order valence-electron chi connectivity index (χ2n) is 9.76. The van der Waals surface area contributed by atoms with Gasteiger partial charge in [-0.15, -0.1) is 0 Å². The average Bonchev–Trinajstić information content (AvgIpc) is 3.47. The van der Waals surface area contributed by atoms with Crippen molar-refractivity contribution in [3.05, 3.63) is 95.3 Å². The highest BCUT2D eigenvalue weighted by Gasteiger charge is 2.29. The first kappa shape index (κ1) is 28.0. The minimum atomic E-state index is -0.619. The smallest absolute Gasteiger partial charge is 0.286 e. The molecule has 2 aliphatic heterocycles. The van der Waals surface area contributed by atoms with E-state index in [9.17, 15) is 9.59 Å². The normalized spacial score (nSPS) is 17.3. The summed E-state index contributed by atoms with van der Waals surface area (Å²) in [6, 6.07) is 19.7. The first-order valence-electron chi connectivity index (χ1n) is 13.5. The Hall–Kier alpha value is -4.54. The van der Waals surface area contributed by atoms with Gasteiger partial charge in [-0.1, -0.05) is 30.3 Å². The number of nitrogens with two attached hydrogens (primary N) is 1. The van der Waals surface area contributed by atoms with Crippen LogP contribution in [0.4, 0.5) is 11.4 Å². The molecule has 10 nitrogen and oxygen atoms in total. The molecule has 3 aromatic rings. The highest BCUT2D eigenvalue weighted by atomic mass is 16.7. The molecule has 0 saturated heterocycles. The predicted octanol–water partition coefficient (Wildman–Crippen LogP) is 4.07. The third kappa shape index (κ3) is 7.16. The van der Waals surface area contributed by atoms with E-state index in [1.54, 1.807) is 54.6 Å². The number of unbranched alkanes of at least 4 members (excludes halogenated alkanes) is 1. The molecule has 10 heteroatoms. The Morgan fingerprint density at radius 3 is 2.59 bits per heavy atom. The molecule has 2 atom stereocenters. The van der Waals surface area contributed by atoms with Crippen molar-refractivity contribution in [3.8, 4) is 11.5 Å². The summed E-state index contributed by atoms with van der Waals surface area (Å²) in [7, 11) is 0. The van der Waals surface area contributed by atoms with Crippen molar-refractivity contribution in [2.24, 2.45) is 0 Å². The van der Waals surface area contributed by atoms with Gasteiger partial charge in [0.25, 0.3) is 11.8 Å². The fraction of sp³-hybridized carbons (Fsp3) is 0.290. The Labute approximate surface area is 238 Å². The molecule has 214 valence electrons. The summed E-state index contributed by atoms with van der Waals surface area (Å²) >= 11 is 0. The van der Waals surface area contributed by atoms with Crippen LogP contribution in [0.3, 0.4) is 0 Å². The summed E-state index contributed by atoms with van der Waals surface area (Å²) in [5, 5.41) is 14.7. The number of carbonyl (C=O) groups is 2. The molecule has 5 rings (SSSR count). The van der Waals surface area contributed by atoms with E-state index in [-0.39, 0.29) is 43.4 Å². The number of nitrogen functional groups attached to an aromatic ring is 1. The number of para-hydroxylation sites is 2. The molecule has 5 N–H and O–H groups in total. The average molecular weight is 560 g/mol. The van der Waals surface area contributed by atoms with Crippen LogP contribution >= 0.6 is 0 Å². The molecule has 0 radical (unpaired) electrons. The van der Waals surface area contributed by atoms with Crippen LogP contribution in [-0.4, -0.2) is 43.2 Å².